The van der Waals surface area contributed by atoms with Gasteiger partial charge in [-0.15, -0.1) is 0 Å². The first kappa shape index (κ1) is 20.9. The molecular formula is C16H14Cl3FN2O3S. The van der Waals surface area contributed by atoms with E-state index in [0.717, 1.165) is 16.6 Å². The van der Waals surface area contributed by atoms with Gasteiger partial charge in [0.1, 0.15) is 5.82 Å². The lowest BCUT2D eigenvalue weighted by Crippen LogP contribution is -2.36. The summed E-state index contributed by atoms with van der Waals surface area (Å²) < 4.78 is 38.1. The third kappa shape index (κ3) is 5.82. The van der Waals surface area contributed by atoms with Gasteiger partial charge in [-0.05, 0) is 35.9 Å². The van der Waals surface area contributed by atoms with E-state index in [0.29, 0.717) is 10.6 Å². The highest BCUT2D eigenvalue weighted by molar-refractivity contribution is 7.88. The number of rotatable bonds is 6. The number of amides is 1. The van der Waals surface area contributed by atoms with Crippen LogP contribution in [0.4, 0.5) is 10.1 Å². The monoisotopic (exact) mass is 438 g/mol. The Morgan fingerprint density at radius 1 is 1.08 bits per heavy atom. The molecule has 0 heterocycles. The van der Waals surface area contributed by atoms with Crippen LogP contribution in [0.5, 0.6) is 0 Å². The van der Waals surface area contributed by atoms with Crippen molar-refractivity contribution >= 4 is 56.4 Å². The van der Waals surface area contributed by atoms with Gasteiger partial charge >= 0.3 is 0 Å². The zero-order valence-corrected chi connectivity index (χ0v) is 16.6. The Labute approximate surface area is 165 Å². The van der Waals surface area contributed by atoms with Crippen molar-refractivity contribution in [1.82, 2.24) is 4.31 Å². The summed E-state index contributed by atoms with van der Waals surface area (Å²) in [5.41, 5.74) is 0.826. The summed E-state index contributed by atoms with van der Waals surface area (Å²) in [4.78, 5) is 12.2. The van der Waals surface area contributed by atoms with Gasteiger partial charge in [0.05, 0.1) is 27.9 Å². The Kier molecular flexibility index (Phi) is 6.87. The molecule has 0 radical (unpaired) electrons. The van der Waals surface area contributed by atoms with Crippen molar-refractivity contribution in [2.24, 2.45) is 0 Å². The summed E-state index contributed by atoms with van der Waals surface area (Å²) in [6.07, 6.45) is 0.993. The summed E-state index contributed by atoms with van der Waals surface area (Å²) in [7, 11) is -3.68. The van der Waals surface area contributed by atoms with Crippen molar-refractivity contribution in [1.29, 1.82) is 0 Å². The van der Waals surface area contributed by atoms with Crippen LogP contribution in [0.3, 0.4) is 0 Å². The molecule has 0 aromatic heterocycles. The molecule has 0 saturated carbocycles. The molecule has 0 unspecified atom stereocenters. The second-order valence-corrected chi connectivity index (χ2v) is 8.66. The van der Waals surface area contributed by atoms with Crippen LogP contribution in [0, 0.1) is 5.82 Å². The van der Waals surface area contributed by atoms with E-state index >= 15 is 0 Å². The zero-order chi connectivity index (χ0) is 19.5. The second kappa shape index (κ2) is 8.54. The SMILES string of the molecule is CS(=O)(=O)N(CC(=O)Nc1ccc(F)c(Cl)c1)Cc1ccc(Cl)c(Cl)c1. The van der Waals surface area contributed by atoms with Crippen LogP contribution in [-0.2, 0) is 21.4 Å². The van der Waals surface area contributed by atoms with Gasteiger partial charge in [0.2, 0.25) is 15.9 Å². The standard InChI is InChI=1S/C16H14Cl3FN2O3S/c1-26(24,25)22(8-10-2-4-12(17)13(18)6-10)9-16(23)21-11-3-5-15(20)14(19)7-11/h2-7H,8-9H2,1H3,(H,21,23). The van der Waals surface area contributed by atoms with E-state index in [2.05, 4.69) is 5.32 Å². The Bertz CT molecular complexity index is 938. The van der Waals surface area contributed by atoms with Crippen molar-refractivity contribution < 1.29 is 17.6 Å². The van der Waals surface area contributed by atoms with Gasteiger partial charge in [-0.25, -0.2) is 12.8 Å². The normalized spacial score (nSPS) is 11.6. The van der Waals surface area contributed by atoms with Crippen LogP contribution in [0.1, 0.15) is 5.56 Å². The van der Waals surface area contributed by atoms with E-state index in [9.17, 15) is 17.6 Å². The number of hydrogen-bond donors (Lipinski definition) is 1. The fourth-order valence-electron chi connectivity index (χ4n) is 2.07. The molecule has 5 nitrogen and oxygen atoms in total. The third-order valence-corrected chi connectivity index (χ3v) is 5.56. The number of carbonyl (C=O) groups is 1. The molecule has 1 amide bonds. The number of halogens is 4. The molecule has 2 aromatic rings. The number of sulfonamides is 1. The van der Waals surface area contributed by atoms with E-state index in [1.165, 1.54) is 18.2 Å². The minimum Gasteiger partial charge on any atom is -0.325 e. The molecule has 140 valence electrons. The lowest BCUT2D eigenvalue weighted by molar-refractivity contribution is -0.116. The minimum absolute atomic E-state index is 0.0622. The Hall–Kier alpha value is -1.38. The number of nitrogens with one attached hydrogen (secondary N) is 1. The summed E-state index contributed by atoms with van der Waals surface area (Å²) >= 11 is 17.4. The predicted molar refractivity (Wildman–Crippen MR) is 102 cm³/mol. The first-order valence-corrected chi connectivity index (χ1v) is 10.2. The van der Waals surface area contributed by atoms with E-state index in [4.69, 9.17) is 34.8 Å². The van der Waals surface area contributed by atoms with Crippen LogP contribution in [-0.4, -0.2) is 31.4 Å². The van der Waals surface area contributed by atoms with Gasteiger partial charge in [0.15, 0.2) is 0 Å². The molecule has 0 aliphatic heterocycles. The molecule has 26 heavy (non-hydrogen) atoms. The van der Waals surface area contributed by atoms with Crippen LogP contribution >= 0.6 is 34.8 Å². The molecule has 0 atom stereocenters. The van der Waals surface area contributed by atoms with Crippen LogP contribution in [0.2, 0.25) is 15.1 Å². The van der Waals surface area contributed by atoms with Gasteiger partial charge in [-0.2, -0.15) is 4.31 Å². The summed E-state index contributed by atoms with van der Waals surface area (Å²) in [5.74, 6) is -1.22. The molecule has 0 saturated heterocycles. The Morgan fingerprint density at radius 2 is 1.77 bits per heavy atom. The van der Waals surface area contributed by atoms with Crippen molar-refractivity contribution in [2.75, 3.05) is 18.1 Å². The maximum absolute atomic E-state index is 13.2. The molecule has 10 heteroatoms. The van der Waals surface area contributed by atoms with Crippen LogP contribution in [0.15, 0.2) is 36.4 Å². The van der Waals surface area contributed by atoms with Gasteiger partial charge in [0.25, 0.3) is 0 Å². The lowest BCUT2D eigenvalue weighted by atomic mass is 10.2. The fourth-order valence-corrected chi connectivity index (χ4v) is 3.30. The zero-order valence-electron chi connectivity index (χ0n) is 13.5. The predicted octanol–water partition coefficient (Wildman–Crippen LogP) is 4.19. The number of benzene rings is 2. The van der Waals surface area contributed by atoms with Gasteiger partial charge in [-0.3, -0.25) is 4.79 Å². The minimum atomic E-state index is -3.68. The highest BCUT2D eigenvalue weighted by atomic mass is 35.5. The number of carbonyl (C=O) groups excluding carboxylic acids is 1. The van der Waals surface area contributed by atoms with E-state index < -0.39 is 28.3 Å². The highest BCUT2D eigenvalue weighted by Gasteiger charge is 2.21. The molecule has 0 bridgehead atoms. The van der Waals surface area contributed by atoms with Crippen molar-refractivity contribution in [3.8, 4) is 0 Å². The van der Waals surface area contributed by atoms with Crippen molar-refractivity contribution in [3.63, 3.8) is 0 Å². The van der Waals surface area contributed by atoms with Crippen molar-refractivity contribution in [2.45, 2.75) is 6.54 Å². The first-order valence-electron chi connectivity index (χ1n) is 7.20. The maximum atomic E-state index is 13.2. The third-order valence-electron chi connectivity index (χ3n) is 3.34. The summed E-state index contributed by atoms with van der Waals surface area (Å²) in [6.45, 7) is -0.499. The van der Waals surface area contributed by atoms with E-state index in [1.807, 2.05) is 0 Å². The number of anilines is 1. The number of nitrogens with zero attached hydrogens (tertiary/aromatic N) is 1. The van der Waals surface area contributed by atoms with E-state index in [1.54, 1.807) is 12.1 Å². The van der Waals surface area contributed by atoms with Gasteiger partial charge in [0, 0.05) is 12.2 Å². The largest absolute Gasteiger partial charge is 0.325 e. The molecule has 1 N–H and O–H groups in total. The second-order valence-electron chi connectivity index (χ2n) is 5.46. The van der Waals surface area contributed by atoms with Crippen LogP contribution in [0.25, 0.3) is 0 Å². The van der Waals surface area contributed by atoms with Crippen molar-refractivity contribution in [3.05, 3.63) is 62.8 Å². The summed E-state index contributed by atoms with van der Waals surface area (Å²) in [5, 5.41) is 2.94. The number of hydrogen-bond acceptors (Lipinski definition) is 3. The van der Waals surface area contributed by atoms with Gasteiger partial charge < -0.3 is 5.32 Å². The Morgan fingerprint density at radius 3 is 2.35 bits per heavy atom. The smallest absolute Gasteiger partial charge is 0.239 e. The molecule has 0 spiro atoms. The average molecular weight is 440 g/mol. The maximum Gasteiger partial charge on any atom is 0.239 e. The molecule has 0 aliphatic carbocycles. The molecule has 0 fully saturated rings. The first-order chi connectivity index (χ1) is 12.1. The topological polar surface area (TPSA) is 66.5 Å². The van der Waals surface area contributed by atoms with E-state index in [-0.39, 0.29) is 22.3 Å². The summed E-state index contributed by atoms with van der Waals surface area (Å²) in [6, 6.07) is 8.34. The quantitative estimate of drug-likeness (QED) is 0.734. The fraction of sp³-hybridized carbons (Fsp3) is 0.188. The Balaban J connectivity index is 2.13. The average Bonchev–Trinajstić information content (AvgIpc) is 2.53. The molecule has 2 aromatic carbocycles. The van der Waals surface area contributed by atoms with Crippen LogP contribution < -0.4 is 5.32 Å². The molecule has 0 aliphatic rings. The molecule has 2 rings (SSSR count). The van der Waals surface area contributed by atoms with Gasteiger partial charge in [-0.1, -0.05) is 40.9 Å². The lowest BCUT2D eigenvalue weighted by Gasteiger charge is -2.20. The molecular weight excluding hydrogens is 426 g/mol. The highest BCUT2D eigenvalue weighted by Crippen LogP contribution is 2.24.